The lowest BCUT2D eigenvalue weighted by Gasteiger charge is -2.17. The van der Waals surface area contributed by atoms with E-state index >= 15 is 0 Å². The lowest BCUT2D eigenvalue weighted by Crippen LogP contribution is -2.38. The smallest absolute Gasteiger partial charge is 0.315 e. The van der Waals surface area contributed by atoms with Crippen molar-refractivity contribution < 1.29 is 17.6 Å². The van der Waals surface area contributed by atoms with Gasteiger partial charge in [-0.2, -0.15) is 0 Å². The topological polar surface area (TPSA) is 88.4 Å². The van der Waals surface area contributed by atoms with Gasteiger partial charge in [0, 0.05) is 13.1 Å². The number of carbonyl (C=O) groups excluding carboxylic acids is 1. The summed E-state index contributed by atoms with van der Waals surface area (Å²) in [5, 5.41) is 4.34. The minimum atomic E-state index is -3.74. The molecule has 2 aromatic carbocycles. The number of urea groups is 1. The highest BCUT2D eigenvalue weighted by Gasteiger charge is 2.31. The predicted molar refractivity (Wildman–Crippen MR) is 106 cm³/mol. The van der Waals surface area contributed by atoms with Crippen LogP contribution in [0.15, 0.2) is 82.3 Å². The molecule has 1 heterocycles. The molecule has 0 fully saturated rings. The summed E-state index contributed by atoms with van der Waals surface area (Å²) in [6, 6.07) is 18.9. The van der Waals surface area contributed by atoms with Gasteiger partial charge in [0.05, 0.1) is 11.2 Å². The number of nitrogens with one attached hydrogen (secondary N) is 2. The second kappa shape index (κ2) is 8.75. The summed E-state index contributed by atoms with van der Waals surface area (Å²) in [5.74, 6) is 0.281. The molecular formula is C21H22N2O4S. The zero-order chi connectivity index (χ0) is 20.0. The summed E-state index contributed by atoms with van der Waals surface area (Å²) in [7, 11) is -3.74. The van der Waals surface area contributed by atoms with E-state index in [-0.39, 0.29) is 17.2 Å². The maximum absolute atomic E-state index is 13.1. The summed E-state index contributed by atoms with van der Waals surface area (Å²) in [4.78, 5) is 12.3. The number of hydrogen-bond donors (Lipinski definition) is 2. The van der Waals surface area contributed by atoms with Gasteiger partial charge in [-0.05, 0) is 36.8 Å². The van der Waals surface area contributed by atoms with E-state index in [1.54, 1.807) is 36.4 Å². The Morgan fingerprint density at radius 1 is 0.964 bits per heavy atom. The van der Waals surface area contributed by atoms with Crippen molar-refractivity contribution >= 4 is 15.9 Å². The Kier molecular flexibility index (Phi) is 6.16. The summed E-state index contributed by atoms with van der Waals surface area (Å²) < 4.78 is 31.5. The lowest BCUT2D eigenvalue weighted by molar-refractivity contribution is 0.240. The van der Waals surface area contributed by atoms with Crippen molar-refractivity contribution in [2.45, 2.75) is 23.6 Å². The molecule has 0 saturated heterocycles. The first-order chi connectivity index (χ1) is 13.5. The maximum Gasteiger partial charge on any atom is 0.315 e. The zero-order valence-electron chi connectivity index (χ0n) is 15.5. The third kappa shape index (κ3) is 4.80. The average Bonchev–Trinajstić information content (AvgIpc) is 3.22. The highest BCUT2D eigenvalue weighted by Crippen LogP contribution is 2.29. The van der Waals surface area contributed by atoms with Gasteiger partial charge in [-0.3, -0.25) is 0 Å². The fourth-order valence-electron chi connectivity index (χ4n) is 2.76. The number of benzene rings is 2. The molecule has 28 heavy (non-hydrogen) atoms. The van der Waals surface area contributed by atoms with Crippen LogP contribution >= 0.6 is 0 Å². The molecule has 0 bridgehead atoms. The molecule has 1 aromatic heterocycles. The van der Waals surface area contributed by atoms with E-state index < -0.39 is 21.1 Å². The van der Waals surface area contributed by atoms with E-state index in [1.165, 1.54) is 6.26 Å². The average molecular weight is 398 g/mol. The number of sulfone groups is 1. The highest BCUT2D eigenvalue weighted by molar-refractivity contribution is 7.91. The van der Waals surface area contributed by atoms with Gasteiger partial charge < -0.3 is 15.1 Å². The van der Waals surface area contributed by atoms with Crippen LogP contribution in [-0.2, 0) is 16.4 Å². The Balaban J connectivity index is 1.71. The van der Waals surface area contributed by atoms with Crippen LogP contribution in [0.2, 0.25) is 0 Å². The van der Waals surface area contributed by atoms with E-state index in [4.69, 9.17) is 4.42 Å². The molecule has 0 aliphatic heterocycles. The summed E-state index contributed by atoms with van der Waals surface area (Å²) in [6.45, 7) is 2.13. The van der Waals surface area contributed by atoms with Crippen molar-refractivity contribution in [3.05, 3.63) is 89.9 Å². The molecule has 0 spiro atoms. The fourth-order valence-corrected chi connectivity index (χ4v) is 4.34. The molecule has 0 aliphatic carbocycles. The molecule has 1 atom stereocenters. The molecular weight excluding hydrogens is 376 g/mol. The first-order valence-electron chi connectivity index (χ1n) is 8.86. The van der Waals surface area contributed by atoms with E-state index in [1.807, 2.05) is 37.3 Å². The van der Waals surface area contributed by atoms with Gasteiger partial charge in [0.25, 0.3) is 0 Å². The molecule has 6 nitrogen and oxygen atoms in total. The Hall–Kier alpha value is -3.06. The molecule has 0 saturated carbocycles. The van der Waals surface area contributed by atoms with Gasteiger partial charge in [-0.25, -0.2) is 13.2 Å². The molecule has 3 rings (SSSR count). The molecule has 0 radical (unpaired) electrons. The zero-order valence-corrected chi connectivity index (χ0v) is 16.3. The largest absolute Gasteiger partial charge is 0.468 e. The SMILES string of the molecule is Cc1ccc(S(=O)(=O)C(CNC(=O)NCc2ccccc2)c2ccco2)cc1. The Morgan fingerprint density at radius 3 is 2.32 bits per heavy atom. The van der Waals surface area contributed by atoms with E-state index in [2.05, 4.69) is 10.6 Å². The van der Waals surface area contributed by atoms with Crippen LogP contribution < -0.4 is 10.6 Å². The van der Waals surface area contributed by atoms with E-state index in [9.17, 15) is 13.2 Å². The van der Waals surface area contributed by atoms with Gasteiger partial charge in [0.1, 0.15) is 11.0 Å². The van der Waals surface area contributed by atoms with Crippen molar-refractivity contribution in [3.63, 3.8) is 0 Å². The van der Waals surface area contributed by atoms with Crippen LogP contribution in [0.5, 0.6) is 0 Å². The molecule has 0 aliphatic rings. The summed E-state index contributed by atoms with van der Waals surface area (Å²) >= 11 is 0. The molecule has 7 heteroatoms. The Bertz CT molecular complexity index is 998. The van der Waals surface area contributed by atoms with Gasteiger partial charge >= 0.3 is 6.03 Å². The number of amides is 2. The Labute approximate surface area is 164 Å². The summed E-state index contributed by atoms with van der Waals surface area (Å²) in [5.41, 5.74) is 1.92. The molecule has 146 valence electrons. The van der Waals surface area contributed by atoms with Gasteiger partial charge in [0.15, 0.2) is 9.84 Å². The third-order valence-electron chi connectivity index (χ3n) is 4.33. The van der Waals surface area contributed by atoms with Crippen LogP contribution in [0, 0.1) is 6.92 Å². The Morgan fingerprint density at radius 2 is 1.68 bits per heavy atom. The van der Waals surface area contributed by atoms with Gasteiger partial charge in [-0.1, -0.05) is 48.0 Å². The van der Waals surface area contributed by atoms with Crippen molar-refractivity contribution in [1.82, 2.24) is 10.6 Å². The monoisotopic (exact) mass is 398 g/mol. The highest BCUT2D eigenvalue weighted by atomic mass is 32.2. The van der Waals surface area contributed by atoms with Crippen LogP contribution in [0.3, 0.4) is 0 Å². The number of carbonyl (C=O) groups is 1. The molecule has 1 unspecified atom stereocenters. The van der Waals surface area contributed by atoms with Gasteiger partial charge in [-0.15, -0.1) is 0 Å². The second-order valence-electron chi connectivity index (χ2n) is 6.41. The van der Waals surface area contributed by atoms with Gasteiger partial charge in [0.2, 0.25) is 0 Å². The van der Waals surface area contributed by atoms with Crippen molar-refractivity contribution in [2.75, 3.05) is 6.54 Å². The first kappa shape index (κ1) is 19.7. The minimum Gasteiger partial charge on any atom is -0.468 e. The molecule has 2 N–H and O–H groups in total. The second-order valence-corrected chi connectivity index (χ2v) is 8.54. The van der Waals surface area contributed by atoms with E-state index in [0.717, 1.165) is 11.1 Å². The van der Waals surface area contributed by atoms with Crippen LogP contribution in [0.25, 0.3) is 0 Å². The van der Waals surface area contributed by atoms with Crippen molar-refractivity contribution in [1.29, 1.82) is 0 Å². The van der Waals surface area contributed by atoms with Crippen LogP contribution in [0.1, 0.15) is 22.1 Å². The number of furan rings is 1. The maximum atomic E-state index is 13.1. The normalized spacial score (nSPS) is 12.3. The number of hydrogen-bond acceptors (Lipinski definition) is 4. The fraction of sp³-hybridized carbons (Fsp3) is 0.190. The molecule has 3 aromatic rings. The predicted octanol–water partition coefficient (Wildman–Crippen LogP) is 3.60. The molecule has 2 amide bonds. The number of aryl methyl sites for hydroxylation is 1. The minimum absolute atomic E-state index is 0.107. The third-order valence-corrected chi connectivity index (χ3v) is 6.41. The van der Waals surface area contributed by atoms with E-state index in [0.29, 0.717) is 6.54 Å². The van der Waals surface area contributed by atoms with Crippen LogP contribution in [0.4, 0.5) is 4.79 Å². The van der Waals surface area contributed by atoms with Crippen molar-refractivity contribution in [2.24, 2.45) is 0 Å². The quantitative estimate of drug-likeness (QED) is 0.636. The first-order valence-corrected chi connectivity index (χ1v) is 10.4. The van der Waals surface area contributed by atoms with Crippen molar-refractivity contribution in [3.8, 4) is 0 Å². The lowest BCUT2D eigenvalue weighted by atomic mass is 10.2. The van der Waals surface area contributed by atoms with Crippen LogP contribution in [-0.4, -0.2) is 21.0 Å². The standard InChI is InChI=1S/C21H22N2O4S/c1-16-9-11-18(12-10-16)28(25,26)20(19-8-5-13-27-19)15-23-21(24)22-14-17-6-3-2-4-7-17/h2-13,20H,14-15H2,1H3,(H2,22,23,24). The summed E-state index contributed by atoms with van der Waals surface area (Å²) in [6.07, 6.45) is 1.42. The number of rotatable bonds is 7.